The molecule has 0 spiro atoms. The van der Waals surface area contributed by atoms with Gasteiger partial charge in [-0.25, -0.2) is 0 Å². The Kier molecular flexibility index (Phi) is 13.0. The van der Waals surface area contributed by atoms with E-state index in [4.69, 9.17) is 0 Å². The van der Waals surface area contributed by atoms with Gasteiger partial charge >= 0.3 is 0 Å². The highest BCUT2D eigenvalue weighted by atomic mass is 15.2. The summed E-state index contributed by atoms with van der Waals surface area (Å²) >= 11 is 0. The average molecular weight is 1310 g/mol. The number of nitrogens with zero attached hydrogens (tertiary/aromatic N) is 6. The summed E-state index contributed by atoms with van der Waals surface area (Å²) < 4.78 is 13.1. The molecule has 16 aromatic carbocycles. The fourth-order valence-electron chi connectivity index (χ4n) is 17.0. The van der Waals surface area contributed by atoms with Crippen LogP contribution in [0.15, 0.2) is 364 Å². The summed E-state index contributed by atoms with van der Waals surface area (Å²) in [6.45, 7) is 0. The summed E-state index contributed by atoms with van der Waals surface area (Å²) in [4.78, 5) is 0. The number of para-hydroxylation sites is 6. The zero-order chi connectivity index (χ0) is 67.8. The molecule has 6 heteroatoms. The standard InChI is InChI=1S/C97H60N6/c98-61-62-45-47-67(48-46-62)92-93(99-82-39-19-13-33-72(82)73-34-14-20-40-83(73)99)95(102-88-53-49-68(63-25-5-1-6-26-63)57-78(88)79-58-69(50-54-89(79)102)64-27-7-2-8-28-64)97(101-86-43-23-17-37-76(86)77-38-18-24-44-87(77)101)96(94(92)100-84-41-21-15-35-74(84)75-36-16-22-42-85(75)100)103-90-55-51-70(65-29-9-3-10-30-65)59-80(90)81-60-71(52-56-91(81)103)66-31-11-4-12-32-66/h1-60H. The summed E-state index contributed by atoms with van der Waals surface area (Å²) in [6, 6.07) is 137. The second kappa shape index (κ2) is 23.1. The third-order valence-electron chi connectivity index (χ3n) is 21.5. The van der Waals surface area contributed by atoms with Gasteiger partial charge in [0.25, 0.3) is 0 Å². The highest BCUT2D eigenvalue weighted by molar-refractivity contribution is 6.20. The minimum atomic E-state index is 0.569. The lowest BCUT2D eigenvalue weighted by Crippen LogP contribution is -2.18. The van der Waals surface area contributed by atoms with E-state index in [1.54, 1.807) is 0 Å². The predicted molar refractivity (Wildman–Crippen MR) is 430 cm³/mol. The van der Waals surface area contributed by atoms with Gasteiger partial charge < -0.3 is 22.8 Å². The van der Waals surface area contributed by atoms with E-state index < -0.39 is 0 Å². The fourth-order valence-corrected chi connectivity index (χ4v) is 17.0. The number of nitriles is 1. The van der Waals surface area contributed by atoms with Crippen LogP contribution in [0.1, 0.15) is 5.56 Å². The number of hydrogen-bond acceptors (Lipinski definition) is 1. The summed E-state index contributed by atoms with van der Waals surface area (Å²) in [5.41, 5.74) is 26.7. The first-order valence-corrected chi connectivity index (χ1v) is 35.2. The minimum Gasteiger partial charge on any atom is -0.306 e. The van der Waals surface area contributed by atoms with E-state index in [1.807, 2.05) is 12.1 Å². The Hall–Kier alpha value is -14.0. The molecule has 6 nitrogen and oxygen atoms in total. The van der Waals surface area contributed by atoms with Crippen LogP contribution in [0.2, 0.25) is 0 Å². The van der Waals surface area contributed by atoms with Gasteiger partial charge in [0.15, 0.2) is 0 Å². The first-order valence-electron chi connectivity index (χ1n) is 35.2. The topological polar surface area (TPSA) is 48.4 Å². The highest BCUT2D eigenvalue weighted by Gasteiger charge is 2.37. The average Bonchev–Trinajstić information content (AvgIpc) is 1.58. The van der Waals surface area contributed by atoms with Crippen molar-refractivity contribution in [1.29, 1.82) is 5.26 Å². The number of rotatable bonds is 10. The van der Waals surface area contributed by atoms with Gasteiger partial charge in [-0.3, -0.25) is 0 Å². The van der Waals surface area contributed by atoms with Crippen LogP contribution in [-0.2, 0) is 0 Å². The summed E-state index contributed by atoms with van der Waals surface area (Å²) in [5.74, 6) is 0. The normalized spacial score (nSPS) is 11.9. The third kappa shape index (κ3) is 8.80. The summed E-state index contributed by atoms with van der Waals surface area (Å²) in [7, 11) is 0. The Labute approximate surface area is 593 Å². The Morgan fingerprint density at radius 1 is 0.165 bits per heavy atom. The van der Waals surface area contributed by atoms with Crippen LogP contribution >= 0.6 is 0 Å². The van der Waals surface area contributed by atoms with Gasteiger partial charge in [-0.05, 0) is 147 Å². The van der Waals surface area contributed by atoms with Crippen molar-refractivity contribution in [2.75, 3.05) is 0 Å². The fraction of sp³-hybridized carbons (Fsp3) is 0. The Morgan fingerprint density at radius 2 is 0.369 bits per heavy atom. The van der Waals surface area contributed by atoms with Crippen molar-refractivity contribution in [3.05, 3.63) is 370 Å². The lowest BCUT2D eigenvalue weighted by Gasteiger charge is -2.32. The summed E-state index contributed by atoms with van der Waals surface area (Å²) in [6.07, 6.45) is 0. The molecule has 0 aliphatic carbocycles. The SMILES string of the molecule is N#Cc1ccc(-c2c(-n3c4ccccc4c4ccccc43)c(-n3c4ccc(-c5ccccc5)cc4c4cc(-c5ccccc5)ccc43)c(-n3c4ccccc4c4ccccc43)c(-n3c4ccc(-c5ccccc5)cc4c4cc(-c5ccccc5)ccc43)c2-n2c3ccccc3c3ccccc32)cc1. The maximum Gasteiger partial charge on any atom is 0.0991 e. The van der Waals surface area contributed by atoms with Gasteiger partial charge in [-0.1, -0.05) is 267 Å². The van der Waals surface area contributed by atoms with E-state index in [-0.39, 0.29) is 0 Å². The summed E-state index contributed by atoms with van der Waals surface area (Å²) in [5, 5.41) is 22.2. The molecule has 0 bridgehead atoms. The molecule has 0 unspecified atom stereocenters. The van der Waals surface area contributed by atoms with Crippen LogP contribution in [0.25, 0.3) is 193 Å². The molecule has 478 valence electrons. The molecule has 0 saturated heterocycles. The highest BCUT2D eigenvalue weighted by Crippen LogP contribution is 2.55. The third-order valence-corrected chi connectivity index (χ3v) is 21.5. The van der Waals surface area contributed by atoms with Crippen molar-refractivity contribution in [3.63, 3.8) is 0 Å². The molecule has 0 amide bonds. The molecule has 0 atom stereocenters. The molecule has 0 N–H and O–H groups in total. The molecule has 21 rings (SSSR count). The second-order valence-electron chi connectivity index (χ2n) is 27.0. The van der Waals surface area contributed by atoms with Crippen molar-refractivity contribution in [2.45, 2.75) is 0 Å². The Morgan fingerprint density at radius 3 is 0.621 bits per heavy atom. The quantitative estimate of drug-likeness (QED) is 0.135. The lowest BCUT2D eigenvalue weighted by atomic mass is 9.94. The van der Waals surface area contributed by atoms with Crippen LogP contribution in [-0.4, -0.2) is 22.8 Å². The molecule has 0 aliphatic rings. The van der Waals surface area contributed by atoms with E-state index in [0.29, 0.717) is 5.56 Å². The smallest absolute Gasteiger partial charge is 0.0991 e. The lowest BCUT2D eigenvalue weighted by molar-refractivity contribution is 1.00. The van der Waals surface area contributed by atoms with E-state index in [0.717, 1.165) is 193 Å². The van der Waals surface area contributed by atoms with Crippen molar-refractivity contribution >= 4 is 109 Å². The molecule has 0 saturated carbocycles. The molecule has 0 aliphatic heterocycles. The Bertz CT molecular complexity index is 6390. The maximum atomic E-state index is 10.9. The number of fused-ring (bicyclic) bond motifs is 15. The first-order chi connectivity index (χ1) is 51.1. The van der Waals surface area contributed by atoms with E-state index in [2.05, 4.69) is 381 Å². The van der Waals surface area contributed by atoms with Gasteiger partial charge in [0.1, 0.15) is 0 Å². The van der Waals surface area contributed by atoms with Gasteiger partial charge in [-0.15, -0.1) is 0 Å². The zero-order valence-corrected chi connectivity index (χ0v) is 55.8. The molecule has 0 radical (unpaired) electrons. The van der Waals surface area contributed by atoms with Crippen molar-refractivity contribution in [3.8, 4) is 90.1 Å². The first kappa shape index (κ1) is 58.0. The van der Waals surface area contributed by atoms with Crippen LogP contribution in [0.3, 0.4) is 0 Å². The van der Waals surface area contributed by atoms with Crippen LogP contribution in [0.4, 0.5) is 0 Å². The van der Waals surface area contributed by atoms with Gasteiger partial charge in [0.2, 0.25) is 0 Å². The molecule has 5 heterocycles. The van der Waals surface area contributed by atoms with Crippen LogP contribution in [0.5, 0.6) is 0 Å². The zero-order valence-electron chi connectivity index (χ0n) is 55.8. The monoisotopic (exact) mass is 1310 g/mol. The molecular weight excluding hydrogens is 1250 g/mol. The van der Waals surface area contributed by atoms with Crippen molar-refractivity contribution in [1.82, 2.24) is 22.8 Å². The molecule has 0 fully saturated rings. The molecule has 103 heavy (non-hydrogen) atoms. The van der Waals surface area contributed by atoms with E-state index in [9.17, 15) is 5.26 Å². The Balaban J connectivity index is 1.10. The number of hydrogen-bond donors (Lipinski definition) is 0. The van der Waals surface area contributed by atoms with E-state index >= 15 is 0 Å². The number of benzene rings is 16. The van der Waals surface area contributed by atoms with Gasteiger partial charge in [0, 0.05) is 59.4 Å². The van der Waals surface area contributed by atoms with Gasteiger partial charge in [-0.2, -0.15) is 5.26 Å². The van der Waals surface area contributed by atoms with Crippen LogP contribution < -0.4 is 0 Å². The minimum absolute atomic E-state index is 0.569. The van der Waals surface area contributed by atoms with Crippen molar-refractivity contribution in [2.24, 2.45) is 0 Å². The largest absolute Gasteiger partial charge is 0.306 e. The molecule has 5 aromatic heterocycles. The second-order valence-corrected chi connectivity index (χ2v) is 27.0. The maximum absolute atomic E-state index is 10.9. The van der Waals surface area contributed by atoms with Crippen LogP contribution in [0, 0.1) is 11.3 Å². The van der Waals surface area contributed by atoms with Gasteiger partial charge in [0.05, 0.1) is 95.2 Å². The van der Waals surface area contributed by atoms with Crippen molar-refractivity contribution < 1.29 is 0 Å². The van der Waals surface area contributed by atoms with E-state index in [1.165, 1.54) is 0 Å². The predicted octanol–water partition coefficient (Wildman–Crippen LogP) is 25.4. The molecule has 21 aromatic rings. The number of aromatic nitrogens is 5. The molecular formula is C97H60N6.